The molecule has 0 atom stereocenters. The topological polar surface area (TPSA) is 34.9 Å². The summed E-state index contributed by atoms with van der Waals surface area (Å²) in [7, 11) is 0. The van der Waals surface area contributed by atoms with Gasteiger partial charge in [-0.3, -0.25) is 9.36 Å². The van der Waals surface area contributed by atoms with E-state index in [9.17, 15) is 4.79 Å². The van der Waals surface area contributed by atoms with Crippen LogP contribution in [0.4, 0.5) is 0 Å². The lowest BCUT2D eigenvalue weighted by molar-refractivity contribution is 0.632. The second-order valence-electron chi connectivity index (χ2n) is 5.13. The Morgan fingerprint density at radius 2 is 2.15 bits per heavy atom. The molecule has 0 unspecified atom stereocenters. The number of nitrogens with zero attached hydrogens (tertiary/aromatic N) is 2. The van der Waals surface area contributed by atoms with E-state index < -0.39 is 0 Å². The number of hydrogen-bond donors (Lipinski definition) is 0. The number of hydrogen-bond acceptors (Lipinski definition) is 3. The molecular formula is C15H17BrN2OS. The Bertz CT molecular complexity index is 692. The maximum Gasteiger partial charge on any atom is 0.262 e. The van der Waals surface area contributed by atoms with E-state index in [1.807, 2.05) is 25.1 Å². The van der Waals surface area contributed by atoms with E-state index in [4.69, 9.17) is 4.98 Å². The van der Waals surface area contributed by atoms with E-state index in [0.29, 0.717) is 17.2 Å². The maximum atomic E-state index is 12.6. The van der Waals surface area contributed by atoms with Crippen molar-refractivity contribution in [2.24, 2.45) is 0 Å². The van der Waals surface area contributed by atoms with Crippen LogP contribution in [0.2, 0.25) is 0 Å². The van der Waals surface area contributed by atoms with E-state index in [-0.39, 0.29) is 5.56 Å². The molecule has 0 spiro atoms. The molecule has 0 aliphatic heterocycles. The summed E-state index contributed by atoms with van der Waals surface area (Å²) in [6.07, 6.45) is 5.08. The summed E-state index contributed by atoms with van der Waals surface area (Å²) in [4.78, 5) is 17.3. The molecule has 1 fully saturated rings. The summed E-state index contributed by atoms with van der Waals surface area (Å²) in [5, 5.41) is 2.18. The van der Waals surface area contributed by atoms with Crippen LogP contribution >= 0.6 is 27.7 Å². The molecular weight excluding hydrogens is 336 g/mol. The molecule has 106 valence electrons. The van der Waals surface area contributed by atoms with Crippen molar-refractivity contribution in [3.8, 4) is 0 Å². The van der Waals surface area contributed by atoms with Gasteiger partial charge in [-0.15, -0.1) is 0 Å². The molecule has 3 nitrogen and oxygen atoms in total. The molecule has 1 aromatic heterocycles. The fraction of sp³-hybridized carbons (Fsp3) is 0.467. The number of rotatable bonds is 3. The van der Waals surface area contributed by atoms with E-state index >= 15 is 0 Å². The predicted octanol–water partition coefficient (Wildman–Crippen LogP) is 4.21. The fourth-order valence-corrected chi connectivity index (χ4v) is 4.42. The van der Waals surface area contributed by atoms with Gasteiger partial charge in [-0.05, 0) is 38.0 Å². The minimum absolute atomic E-state index is 0.0688. The van der Waals surface area contributed by atoms with Gasteiger partial charge in [0.05, 0.1) is 10.9 Å². The number of halogens is 1. The first-order valence-electron chi connectivity index (χ1n) is 7.06. The molecule has 0 radical (unpaired) electrons. The van der Waals surface area contributed by atoms with Crippen molar-refractivity contribution in [3.63, 3.8) is 0 Å². The average molecular weight is 353 g/mol. The van der Waals surface area contributed by atoms with Crippen LogP contribution in [0.15, 0.2) is 32.6 Å². The first-order chi connectivity index (χ1) is 9.69. The first kappa shape index (κ1) is 14.1. The van der Waals surface area contributed by atoms with Crippen molar-refractivity contribution < 1.29 is 0 Å². The summed E-state index contributed by atoms with van der Waals surface area (Å²) < 4.78 is 2.72. The zero-order valence-electron chi connectivity index (χ0n) is 11.4. The van der Waals surface area contributed by atoms with Gasteiger partial charge in [-0.25, -0.2) is 4.98 Å². The van der Waals surface area contributed by atoms with Crippen molar-refractivity contribution in [2.75, 3.05) is 0 Å². The van der Waals surface area contributed by atoms with Crippen LogP contribution in [0.1, 0.15) is 32.6 Å². The molecule has 1 saturated carbocycles. The Morgan fingerprint density at radius 1 is 1.40 bits per heavy atom. The van der Waals surface area contributed by atoms with Crippen LogP contribution in [0.5, 0.6) is 0 Å². The van der Waals surface area contributed by atoms with Crippen LogP contribution in [0.3, 0.4) is 0 Å². The molecule has 2 aromatic rings. The van der Waals surface area contributed by atoms with Gasteiger partial charge in [-0.2, -0.15) is 0 Å². The molecule has 1 aliphatic carbocycles. The summed E-state index contributed by atoms with van der Waals surface area (Å²) in [5.41, 5.74) is 0.864. The third-order valence-corrected chi connectivity index (χ3v) is 5.59. The van der Waals surface area contributed by atoms with Crippen LogP contribution in [-0.4, -0.2) is 14.8 Å². The summed E-state index contributed by atoms with van der Waals surface area (Å²) in [5.74, 6) is 0. The average Bonchev–Trinajstić information content (AvgIpc) is 2.93. The second kappa shape index (κ2) is 5.90. The van der Waals surface area contributed by atoms with Gasteiger partial charge >= 0.3 is 0 Å². The molecule has 0 bridgehead atoms. The normalized spacial score (nSPS) is 16.1. The summed E-state index contributed by atoms with van der Waals surface area (Å²) >= 11 is 5.20. The van der Waals surface area contributed by atoms with Gasteiger partial charge < -0.3 is 0 Å². The third kappa shape index (κ3) is 2.66. The number of benzene rings is 1. The standard InChI is InChI=1S/C15H17BrN2OS/c1-2-18-14(19)12-9-10(16)7-8-13(12)17-15(18)20-11-5-3-4-6-11/h7-9,11H,2-6H2,1H3. The molecule has 1 heterocycles. The zero-order chi connectivity index (χ0) is 14.1. The monoisotopic (exact) mass is 352 g/mol. The molecule has 5 heteroatoms. The number of thioether (sulfide) groups is 1. The Kier molecular flexibility index (Phi) is 4.17. The van der Waals surface area contributed by atoms with Crippen LogP contribution in [0, 0.1) is 0 Å². The lowest BCUT2D eigenvalue weighted by Gasteiger charge is -2.14. The van der Waals surface area contributed by atoms with Crippen LogP contribution < -0.4 is 5.56 Å². The molecule has 1 aromatic carbocycles. The van der Waals surface area contributed by atoms with E-state index in [0.717, 1.165) is 15.1 Å². The molecule has 1 aliphatic rings. The highest BCUT2D eigenvalue weighted by molar-refractivity contribution is 9.10. The van der Waals surface area contributed by atoms with Crippen molar-refractivity contribution in [3.05, 3.63) is 33.0 Å². The highest BCUT2D eigenvalue weighted by atomic mass is 79.9. The van der Waals surface area contributed by atoms with Crippen molar-refractivity contribution in [2.45, 2.75) is 49.6 Å². The second-order valence-corrected chi connectivity index (χ2v) is 7.31. The van der Waals surface area contributed by atoms with Crippen LogP contribution in [0.25, 0.3) is 10.9 Å². The van der Waals surface area contributed by atoms with E-state index in [1.165, 1.54) is 25.7 Å². The van der Waals surface area contributed by atoms with Gasteiger partial charge in [-0.1, -0.05) is 40.5 Å². The van der Waals surface area contributed by atoms with Gasteiger partial charge in [0.2, 0.25) is 0 Å². The largest absolute Gasteiger partial charge is 0.287 e. The summed E-state index contributed by atoms with van der Waals surface area (Å²) in [6, 6.07) is 5.72. The van der Waals surface area contributed by atoms with E-state index in [1.54, 1.807) is 16.3 Å². The maximum absolute atomic E-state index is 12.6. The van der Waals surface area contributed by atoms with Crippen LogP contribution in [-0.2, 0) is 6.54 Å². The molecule has 20 heavy (non-hydrogen) atoms. The smallest absolute Gasteiger partial charge is 0.262 e. The van der Waals surface area contributed by atoms with Gasteiger partial charge in [0.25, 0.3) is 5.56 Å². The first-order valence-corrected chi connectivity index (χ1v) is 8.73. The van der Waals surface area contributed by atoms with Gasteiger partial charge in [0.1, 0.15) is 0 Å². The molecule has 0 saturated heterocycles. The van der Waals surface area contributed by atoms with Crippen molar-refractivity contribution in [1.82, 2.24) is 9.55 Å². The fourth-order valence-electron chi connectivity index (χ4n) is 2.70. The van der Waals surface area contributed by atoms with E-state index in [2.05, 4.69) is 15.9 Å². The van der Waals surface area contributed by atoms with Gasteiger partial charge in [0, 0.05) is 16.3 Å². The Labute approximate surface area is 130 Å². The lowest BCUT2D eigenvalue weighted by Crippen LogP contribution is -2.23. The number of aromatic nitrogens is 2. The Morgan fingerprint density at radius 3 is 2.85 bits per heavy atom. The predicted molar refractivity (Wildman–Crippen MR) is 87.5 cm³/mol. The number of fused-ring (bicyclic) bond motifs is 1. The summed E-state index contributed by atoms with van der Waals surface area (Å²) in [6.45, 7) is 2.68. The quantitative estimate of drug-likeness (QED) is 0.776. The molecule has 0 amide bonds. The lowest BCUT2D eigenvalue weighted by atomic mass is 10.2. The minimum Gasteiger partial charge on any atom is -0.287 e. The molecule has 0 N–H and O–H groups in total. The van der Waals surface area contributed by atoms with Crippen molar-refractivity contribution >= 4 is 38.6 Å². The Balaban J connectivity index is 2.10. The highest BCUT2D eigenvalue weighted by Gasteiger charge is 2.19. The third-order valence-electron chi connectivity index (χ3n) is 3.77. The zero-order valence-corrected chi connectivity index (χ0v) is 13.8. The highest BCUT2D eigenvalue weighted by Crippen LogP contribution is 2.34. The minimum atomic E-state index is 0.0688. The Hall–Kier alpha value is -0.810. The SMILES string of the molecule is CCn1c(SC2CCCC2)nc2ccc(Br)cc2c1=O. The van der Waals surface area contributed by atoms with Crippen molar-refractivity contribution in [1.29, 1.82) is 0 Å². The molecule has 3 rings (SSSR count). The van der Waals surface area contributed by atoms with Gasteiger partial charge in [0.15, 0.2) is 5.16 Å².